The molecule has 142 valence electrons. The first-order valence-electron chi connectivity index (χ1n) is 9.27. The van der Waals surface area contributed by atoms with Crippen molar-refractivity contribution in [3.05, 3.63) is 83.1 Å². The second-order valence-corrected chi connectivity index (χ2v) is 8.15. The van der Waals surface area contributed by atoms with Gasteiger partial charge < -0.3 is 18.9 Å². The van der Waals surface area contributed by atoms with E-state index in [-0.39, 0.29) is 12.1 Å². The third-order valence-corrected chi connectivity index (χ3v) is 5.97. The summed E-state index contributed by atoms with van der Waals surface area (Å²) in [5.74, 6) is 1.43. The molecule has 0 bridgehead atoms. The molecule has 1 aromatic heterocycles. The summed E-state index contributed by atoms with van der Waals surface area (Å²) in [6, 6.07) is 19.3. The third kappa shape index (κ3) is 2.88. The zero-order chi connectivity index (χ0) is 19.1. The van der Waals surface area contributed by atoms with E-state index in [4.69, 9.17) is 9.47 Å². The van der Waals surface area contributed by atoms with Crippen molar-refractivity contribution in [2.24, 2.45) is 0 Å². The first kappa shape index (κ1) is 17.4. The monoisotopic (exact) mass is 438 g/mol. The fourth-order valence-electron chi connectivity index (χ4n) is 4.26. The smallest absolute Gasteiger partial charge is 0.415 e. The molecule has 1 saturated heterocycles. The van der Waals surface area contributed by atoms with E-state index < -0.39 is 5.60 Å². The molecule has 2 aromatic carbocycles. The van der Waals surface area contributed by atoms with Crippen molar-refractivity contribution >= 4 is 22.0 Å². The average molecular weight is 439 g/mol. The topological polar surface area (TPSA) is 43.7 Å². The molecule has 2 unspecified atom stereocenters. The molecule has 1 fully saturated rings. The SMILES string of the molecule is O=C(Oc1ccccc1)N1CCC2(C1)Oc1ccc(Br)cc1C2n1cccc1. The fraction of sp³-hybridized carbons (Fsp3) is 0.227. The lowest BCUT2D eigenvalue weighted by Gasteiger charge is -2.31. The fourth-order valence-corrected chi connectivity index (χ4v) is 4.64. The minimum Gasteiger partial charge on any atom is -0.482 e. The van der Waals surface area contributed by atoms with E-state index in [2.05, 4.69) is 39.0 Å². The van der Waals surface area contributed by atoms with Gasteiger partial charge in [-0.2, -0.15) is 0 Å². The highest BCUT2D eigenvalue weighted by Gasteiger charge is 2.54. The van der Waals surface area contributed by atoms with Gasteiger partial charge in [-0.25, -0.2) is 4.79 Å². The summed E-state index contributed by atoms with van der Waals surface area (Å²) in [4.78, 5) is 14.4. The van der Waals surface area contributed by atoms with E-state index in [1.54, 1.807) is 17.0 Å². The molecular weight excluding hydrogens is 420 g/mol. The first-order chi connectivity index (χ1) is 13.6. The molecule has 2 aliphatic rings. The van der Waals surface area contributed by atoms with Crippen molar-refractivity contribution < 1.29 is 14.3 Å². The summed E-state index contributed by atoms with van der Waals surface area (Å²) < 4.78 is 15.2. The summed E-state index contributed by atoms with van der Waals surface area (Å²) in [5.41, 5.74) is 0.626. The summed E-state index contributed by atoms with van der Waals surface area (Å²) in [5, 5.41) is 0. The largest absolute Gasteiger partial charge is 0.482 e. The van der Waals surface area contributed by atoms with Gasteiger partial charge in [0.2, 0.25) is 0 Å². The Bertz CT molecular complexity index is 1010. The van der Waals surface area contributed by atoms with Crippen LogP contribution >= 0.6 is 15.9 Å². The number of halogens is 1. The minimum atomic E-state index is -0.502. The van der Waals surface area contributed by atoms with E-state index in [0.717, 1.165) is 22.2 Å². The maximum atomic E-state index is 12.7. The maximum Gasteiger partial charge on any atom is 0.415 e. The van der Waals surface area contributed by atoms with Crippen LogP contribution in [0.4, 0.5) is 4.79 Å². The normalized spacial score (nSPS) is 22.9. The quantitative estimate of drug-likeness (QED) is 0.572. The molecule has 0 radical (unpaired) electrons. The van der Waals surface area contributed by atoms with Gasteiger partial charge in [0.25, 0.3) is 0 Å². The standard InChI is InChI=1S/C22H19BrN2O3/c23-16-8-9-19-18(14-16)20(24-11-4-5-12-24)22(28-19)10-13-25(15-22)21(26)27-17-6-2-1-3-7-17/h1-9,11-12,14,20H,10,13,15H2. The molecule has 6 heteroatoms. The lowest BCUT2D eigenvalue weighted by Crippen LogP contribution is -2.45. The van der Waals surface area contributed by atoms with Crippen molar-refractivity contribution in [2.45, 2.75) is 18.1 Å². The lowest BCUT2D eigenvalue weighted by molar-refractivity contribution is 0.0661. The molecule has 2 atom stereocenters. The van der Waals surface area contributed by atoms with Crippen LogP contribution in [-0.2, 0) is 0 Å². The molecule has 0 aliphatic carbocycles. The van der Waals surface area contributed by atoms with Gasteiger partial charge in [-0.3, -0.25) is 0 Å². The molecule has 5 nitrogen and oxygen atoms in total. The second kappa shape index (κ2) is 6.71. The Labute approximate surface area is 171 Å². The highest BCUT2D eigenvalue weighted by atomic mass is 79.9. The number of nitrogens with zero attached hydrogens (tertiary/aromatic N) is 2. The molecule has 28 heavy (non-hydrogen) atoms. The van der Waals surface area contributed by atoms with Crippen LogP contribution in [0.15, 0.2) is 77.5 Å². The van der Waals surface area contributed by atoms with E-state index in [1.807, 2.05) is 42.5 Å². The average Bonchev–Trinajstić information content (AvgIpc) is 3.42. The summed E-state index contributed by atoms with van der Waals surface area (Å²) in [6.45, 7) is 1.08. The minimum absolute atomic E-state index is 0.00419. The Morgan fingerprint density at radius 3 is 2.68 bits per heavy atom. The number of carbonyl (C=O) groups excluding carboxylic acids is 1. The van der Waals surface area contributed by atoms with Crippen LogP contribution in [0, 0.1) is 0 Å². The van der Waals surface area contributed by atoms with Gasteiger partial charge in [0.15, 0.2) is 5.60 Å². The van der Waals surface area contributed by atoms with E-state index in [0.29, 0.717) is 18.8 Å². The number of benzene rings is 2. The number of amides is 1. The van der Waals surface area contributed by atoms with Gasteiger partial charge >= 0.3 is 6.09 Å². The molecular formula is C22H19BrN2O3. The van der Waals surface area contributed by atoms with Crippen LogP contribution in [0.2, 0.25) is 0 Å². The molecule has 0 N–H and O–H groups in total. The van der Waals surface area contributed by atoms with Crippen LogP contribution in [0.1, 0.15) is 18.0 Å². The van der Waals surface area contributed by atoms with Crippen LogP contribution in [0.5, 0.6) is 11.5 Å². The number of rotatable bonds is 2. The number of hydrogen-bond acceptors (Lipinski definition) is 3. The number of fused-ring (bicyclic) bond motifs is 1. The van der Waals surface area contributed by atoms with E-state index in [9.17, 15) is 4.79 Å². The van der Waals surface area contributed by atoms with Crippen LogP contribution in [0.25, 0.3) is 0 Å². The molecule has 0 saturated carbocycles. The third-order valence-electron chi connectivity index (χ3n) is 5.47. The Morgan fingerprint density at radius 2 is 1.89 bits per heavy atom. The molecule has 3 aromatic rings. The van der Waals surface area contributed by atoms with Crippen LogP contribution in [-0.4, -0.2) is 34.3 Å². The molecule has 2 aliphatic heterocycles. The summed E-state index contributed by atoms with van der Waals surface area (Å²) in [6.07, 6.45) is 4.51. The number of likely N-dealkylation sites (tertiary alicyclic amines) is 1. The van der Waals surface area contributed by atoms with Gasteiger partial charge in [0.1, 0.15) is 17.5 Å². The zero-order valence-corrected chi connectivity index (χ0v) is 16.7. The van der Waals surface area contributed by atoms with Gasteiger partial charge in [-0.1, -0.05) is 34.1 Å². The van der Waals surface area contributed by atoms with Gasteiger partial charge in [-0.15, -0.1) is 0 Å². The summed E-state index contributed by atoms with van der Waals surface area (Å²) >= 11 is 3.58. The molecule has 1 amide bonds. The number of para-hydroxylation sites is 1. The molecule has 1 spiro atoms. The Balaban J connectivity index is 1.44. The predicted molar refractivity (Wildman–Crippen MR) is 109 cm³/mol. The zero-order valence-electron chi connectivity index (χ0n) is 15.1. The number of hydrogen-bond donors (Lipinski definition) is 0. The van der Waals surface area contributed by atoms with Gasteiger partial charge in [-0.05, 0) is 42.5 Å². The van der Waals surface area contributed by atoms with E-state index >= 15 is 0 Å². The Morgan fingerprint density at radius 1 is 1.11 bits per heavy atom. The van der Waals surface area contributed by atoms with Gasteiger partial charge in [0, 0.05) is 35.4 Å². The first-order valence-corrected chi connectivity index (χ1v) is 10.1. The number of ether oxygens (including phenoxy) is 2. The van der Waals surface area contributed by atoms with Gasteiger partial charge in [0.05, 0.1) is 6.54 Å². The molecule has 5 rings (SSSR count). The Kier molecular flexibility index (Phi) is 4.16. The van der Waals surface area contributed by atoms with E-state index in [1.165, 1.54) is 0 Å². The highest BCUT2D eigenvalue weighted by Crippen LogP contribution is 2.50. The van der Waals surface area contributed by atoms with Crippen molar-refractivity contribution in [3.63, 3.8) is 0 Å². The predicted octanol–water partition coefficient (Wildman–Crippen LogP) is 4.88. The highest BCUT2D eigenvalue weighted by molar-refractivity contribution is 9.10. The van der Waals surface area contributed by atoms with Crippen LogP contribution in [0.3, 0.4) is 0 Å². The summed E-state index contributed by atoms with van der Waals surface area (Å²) in [7, 11) is 0. The van der Waals surface area contributed by atoms with Crippen molar-refractivity contribution in [1.82, 2.24) is 9.47 Å². The van der Waals surface area contributed by atoms with Crippen LogP contribution < -0.4 is 9.47 Å². The lowest BCUT2D eigenvalue weighted by atomic mass is 9.90. The number of aromatic nitrogens is 1. The molecule has 3 heterocycles. The van der Waals surface area contributed by atoms with Crippen molar-refractivity contribution in [2.75, 3.05) is 13.1 Å². The van der Waals surface area contributed by atoms with Crippen molar-refractivity contribution in [3.8, 4) is 11.5 Å². The maximum absolute atomic E-state index is 12.7. The second-order valence-electron chi connectivity index (χ2n) is 7.23. The van der Waals surface area contributed by atoms with Crippen molar-refractivity contribution in [1.29, 1.82) is 0 Å². The number of carbonyl (C=O) groups is 1. The Hall–Kier alpha value is -2.73.